The minimum Gasteiger partial charge on any atom is -0.358 e. The van der Waals surface area contributed by atoms with Crippen LogP contribution in [0.5, 0.6) is 0 Å². The van der Waals surface area contributed by atoms with Gasteiger partial charge < -0.3 is 9.64 Å². The molecule has 1 aromatic rings. The molecule has 8 nitrogen and oxygen atoms in total. The fourth-order valence-corrected chi connectivity index (χ4v) is 5.28. The summed E-state index contributed by atoms with van der Waals surface area (Å²) in [4.78, 5) is 21.4. The van der Waals surface area contributed by atoms with Crippen LogP contribution in [0, 0.1) is 5.92 Å². The number of likely N-dealkylation sites (N-methyl/N-ethyl adjacent to an activating group) is 1. The minimum atomic E-state index is -3.27. The topological polar surface area (TPSA) is 83.1 Å². The van der Waals surface area contributed by atoms with Gasteiger partial charge in [0.05, 0.1) is 24.1 Å². The number of aromatic nitrogens is 1. The summed E-state index contributed by atoms with van der Waals surface area (Å²) in [5.41, 5.74) is 0.218. The van der Waals surface area contributed by atoms with Gasteiger partial charge in [-0.2, -0.15) is 4.31 Å². The molecule has 3 fully saturated rings. The van der Waals surface area contributed by atoms with Crippen LogP contribution >= 0.6 is 0 Å². The number of carbonyl (C=O) groups excluding carboxylic acids is 1. The second-order valence-corrected chi connectivity index (χ2v) is 10.8. The van der Waals surface area contributed by atoms with Crippen molar-refractivity contribution in [2.45, 2.75) is 37.5 Å². The van der Waals surface area contributed by atoms with Crippen molar-refractivity contribution in [3.05, 3.63) is 30.1 Å². The predicted molar refractivity (Wildman–Crippen MR) is 109 cm³/mol. The first-order valence-electron chi connectivity index (χ1n) is 10.2. The van der Waals surface area contributed by atoms with Gasteiger partial charge in [-0.05, 0) is 37.3 Å². The Morgan fingerprint density at radius 3 is 2.76 bits per heavy atom. The molecule has 9 heteroatoms. The van der Waals surface area contributed by atoms with Gasteiger partial charge >= 0.3 is 0 Å². The van der Waals surface area contributed by atoms with Crippen molar-refractivity contribution in [2.24, 2.45) is 5.92 Å². The van der Waals surface area contributed by atoms with Crippen LogP contribution in [0.1, 0.15) is 25.0 Å². The van der Waals surface area contributed by atoms with Crippen molar-refractivity contribution in [3.8, 4) is 0 Å². The second-order valence-electron chi connectivity index (χ2n) is 8.79. The Balaban J connectivity index is 1.48. The molecule has 1 aliphatic carbocycles. The van der Waals surface area contributed by atoms with E-state index in [9.17, 15) is 13.2 Å². The third kappa shape index (κ3) is 4.96. The molecule has 4 rings (SSSR count). The third-order valence-corrected chi connectivity index (χ3v) is 7.32. The van der Waals surface area contributed by atoms with E-state index in [1.54, 1.807) is 18.1 Å². The maximum absolute atomic E-state index is 13.2. The highest BCUT2D eigenvalue weighted by Gasteiger charge is 2.50. The minimum absolute atomic E-state index is 0.0756. The molecule has 1 spiro atoms. The molecule has 0 bridgehead atoms. The summed E-state index contributed by atoms with van der Waals surface area (Å²) < 4.78 is 31.9. The SMILES string of the molecule is CN(Cc1ccccn1)C(=O)C1CN(CC2CC2)CC2(CCN(S(C)(=O)=O)C2)O1. The van der Waals surface area contributed by atoms with Crippen LogP contribution in [0.25, 0.3) is 0 Å². The van der Waals surface area contributed by atoms with Crippen molar-refractivity contribution >= 4 is 15.9 Å². The molecule has 2 saturated heterocycles. The first-order chi connectivity index (χ1) is 13.7. The number of amides is 1. The Morgan fingerprint density at radius 2 is 2.14 bits per heavy atom. The molecular formula is C20H30N4O4S. The van der Waals surface area contributed by atoms with Gasteiger partial charge in [0.1, 0.15) is 6.10 Å². The Hall–Kier alpha value is -1.55. The summed E-state index contributed by atoms with van der Waals surface area (Å²) in [5, 5.41) is 0. The Kier molecular flexibility index (Phi) is 5.67. The Morgan fingerprint density at radius 1 is 1.34 bits per heavy atom. The van der Waals surface area contributed by atoms with E-state index in [-0.39, 0.29) is 5.91 Å². The zero-order valence-electron chi connectivity index (χ0n) is 17.2. The molecule has 2 unspecified atom stereocenters. The highest BCUT2D eigenvalue weighted by Crippen LogP contribution is 2.36. The van der Waals surface area contributed by atoms with Gasteiger partial charge in [-0.3, -0.25) is 14.7 Å². The first-order valence-corrected chi connectivity index (χ1v) is 12.1. The molecule has 1 aromatic heterocycles. The monoisotopic (exact) mass is 422 g/mol. The number of pyridine rings is 1. The molecule has 1 amide bonds. The molecular weight excluding hydrogens is 392 g/mol. The van der Waals surface area contributed by atoms with Gasteiger partial charge in [0.2, 0.25) is 10.0 Å². The van der Waals surface area contributed by atoms with Crippen LogP contribution in [-0.4, -0.2) is 91.1 Å². The van der Waals surface area contributed by atoms with Crippen molar-refractivity contribution < 1.29 is 17.9 Å². The number of rotatable bonds is 6. The molecule has 2 aliphatic heterocycles. The smallest absolute Gasteiger partial charge is 0.253 e. The maximum atomic E-state index is 13.2. The van der Waals surface area contributed by atoms with Gasteiger partial charge in [0, 0.05) is 46.0 Å². The molecule has 29 heavy (non-hydrogen) atoms. The number of morpholine rings is 1. The highest BCUT2D eigenvalue weighted by atomic mass is 32.2. The van der Waals surface area contributed by atoms with E-state index in [0.29, 0.717) is 45.1 Å². The number of nitrogens with zero attached hydrogens (tertiary/aromatic N) is 4. The number of hydrogen-bond acceptors (Lipinski definition) is 6. The standard InChI is InChI=1S/C20H30N4O4S/c1-22(12-17-5-3-4-9-21-17)19(25)18-13-23(11-16-6-7-16)14-20(28-18)8-10-24(15-20)29(2,26)27/h3-5,9,16,18H,6-8,10-15H2,1-2H3. The van der Waals surface area contributed by atoms with Crippen LogP contribution in [0.4, 0.5) is 0 Å². The summed E-state index contributed by atoms with van der Waals surface area (Å²) in [6, 6.07) is 5.65. The van der Waals surface area contributed by atoms with Crippen molar-refractivity contribution in [1.29, 1.82) is 0 Å². The van der Waals surface area contributed by atoms with E-state index in [2.05, 4.69) is 9.88 Å². The molecule has 0 N–H and O–H groups in total. The van der Waals surface area contributed by atoms with Crippen LogP contribution in [0.2, 0.25) is 0 Å². The second kappa shape index (κ2) is 7.94. The van der Waals surface area contributed by atoms with E-state index in [0.717, 1.165) is 12.2 Å². The van der Waals surface area contributed by atoms with Crippen LogP contribution in [0.3, 0.4) is 0 Å². The summed E-state index contributed by atoms with van der Waals surface area (Å²) in [6.45, 7) is 3.38. The van der Waals surface area contributed by atoms with Crippen molar-refractivity contribution in [1.82, 2.24) is 19.1 Å². The number of hydrogen-bond donors (Lipinski definition) is 0. The fourth-order valence-electron chi connectivity index (χ4n) is 4.39. The van der Waals surface area contributed by atoms with Gasteiger partial charge in [-0.1, -0.05) is 6.07 Å². The molecule has 160 valence electrons. The van der Waals surface area contributed by atoms with Crippen LogP contribution in [-0.2, 0) is 26.1 Å². The lowest BCUT2D eigenvalue weighted by molar-refractivity contribution is -0.176. The Labute approximate surface area is 172 Å². The quantitative estimate of drug-likeness (QED) is 0.666. The van der Waals surface area contributed by atoms with Gasteiger partial charge in [-0.25, -0.2) is 8.42 Å². The number of ether oxygens (including phenoxy) is 1. The van der Waals surface area contributed by atoms with Crippen LogP contribution < -0.4 is 0 Å². The molecule has 0 radical (unpaired) electrons. The largest absolute Gasteiger partial charge is 0.358 e. The number of carbonyl (C=O) groups is 1. The molecule has 2 atom stereocenters. The average molecular weight is 423 g/mol. The fraction of sp³-hybridized carbons (Fsp3) is 0.700. The summed E-state index contributed by atoms with van der Waals surface area (Å²) in [5.74, 6) is 0.618. The summed E-state index contributed by atoms with van der Waals surface area (Å²) in [7, 11) is -1.50. The Bertz CT molecular complexity index is 845. The van der Waals surface area contributed by atoms with Crippen molar-refractivity contribution in [3.63, 3.8) is 0 Å². The normalized spacial score (nSPS) is 28.7. The van der Waals surface area contributed by atoms with Gasteiger partial charge in [-0.15, -0.1) is 0 Å². The zero-order chi connectivity index (χ0) is 20.6. The summed E-state index contributed by atoms with van der Waals surface area (Å²) >= 11 is 0. The van der Waals surface area contributed by atoms with E-state index in [4.69, 9.17) is 4.74 Å². The first kappa shape index (κ1) is 20.7. The average Bonchev–Trinajstić information content (AvgIpc) is 3.39. The lowest BCUT2D eigenvalue weighted by Crippen LogP contribution is -2.60. The van der Waals surface area contributed by atoms with E-state index >= 15 is 0 Å². The lowest BCUT2D eigenvalue weighted by atomic mass is 9.98. The van der Waals surface area contributed by atoms with Crippen LogP contribution in [0.15, 0.2) is 24.4 Å². The van der Waals surface area contributed by atoms with E-state index in [1.807, 2.05) is 18.2 Å². The van der Waals surface area contributed by atoms with Crippen molar-refractivity contribution in [2.75, 3.05) is 46.0 Å². The molecule has 3 heterocycles. The predicted octanol–water partition coefficient (Wildman–Crippen LogP) is 0.555. The lowest BCUT2D eigenvalue weighted by Gasteiger charge is -2.44. The van der Waals surface area contributed by atoms with Gasteiger partial charge in [0.15, 0.2) is 0 Å². The molecule has 0 aromatic carbocycles. The zero-order valence-corrected chi connectivity index (χ0v) is 18.0. The molecule has 3 aliphatic rings. The van der Waals surface area contributed by atoms with E-state index < -0.39 is 21.7 Å². The van der Waals surface area contributed by atoms with E-state index in [1.165, 1.54) is 23.4 Å². The van der Waals surface area contributed by atoms with Gasteiger partial charge in [0.25, 0.3) is 5.91 Å². The third-order valence-electron chi connectivity index (χ3n) is 6.07. The molecule has 1 saturated carbocycles. The maximum Gasteiger partial charge on any atom is 0.253 e. The summed E-state index contributed by atoms with van der Waals surface area (Å²) in [6.07, 6.45) is 5.45. The highest BCUT2D eigenvalue weighted by molar-refractivity contribution is 7.88. The number of sulfonamides is 1.